The molecule has 0 radical (unpaired) electrons. The first-order valence-electron chi connectivity index (χ1n) is 7.71. The van der Waals surface area contributed by atoms with Crippen LogP contribution in [-0.4, -0.2) is 38.3 Å². The lowest BCUT2D eigenvalue weighted by Gasteiger charge is -2.14. The van der Waals surface area contributed by atoms with E-state index >= 15 is 0 Å². The van der Waals surface area contributed by atoms with Crippen molar-refractivity contribution >= 4 is 16.5 Å². The molecule has 1 aliphatic heterocycles. The van der Waals surface area contributed by atoms with Crippen LogP contribution in [0.5, 0.6) is 0 Å². The van der Waals surface area contributed by atoms with Gasteiger partial charge < -0.3 is 15.0 Å². The molecule has 4 nitrogen and oxygen atoms in total. The van der Waals surface area contributed by atoms with Crippen molar-refractivity contribution in [3.05, 3.63) is 10.6 Å². The van der Waals surface area contributed by atoms with Gasteiger partial charge in [-0.2, -0.15) is 0 Å². The molecule has 0 spiro atoms. The number of methoxy groups -OCH3 is 1. The Kier molecular flexibility index (Phi) is 6.26. The minimum Gasteiger partial charge on any atom is -0.384 e. The molecule has 1 unspecified atom stereocenters. The van der Waals surface area contributed by atoms with Crippen LogP contribution < -0.4 is 10.2 Å². The van der Waals surface area contributed by atoms with E-state index in [4.69, 9.17) is 9.72 Å². The van der Waals surface area contributed by atoms with Crippen LogP contribution in [0.15, 0.2) is 0 Å². The van der Waals surface area contributed by atoms with E-state index in [0.717, 1.165) is 39.2 Å². The van der Waals surface area contributed by atoms with Crippen LogP contribution in [-0.2, 0) is 17.7 Å². The number of nitrogens with zero attached hydrogens (tertiary/aromatic N) is 2. The van der Waals surface area contributed by atoms with Gasteiger partial charge in [0, 0.05) is 37.5 Å². The molecule has 1 N–H and O–H groups in total. The maximum Gasteiger partial charge on any atom is 0.185 e. The molecule has 1 fully saturated rings. The lowest BCUT2D eigenvalue weighted by atomic mass is 10.1. The average Bonchev–Trinajstić information content (AvgIpc) is 3.06. The molecule has 1 atom stereocenters. The Hall–Kier alpha value is -0.650. The molecule has 1 saturated heterocycles. The second-order valence-electron chi connectivity index (χ2n) is 5.45. The summed E-state index contributed by atoms with van der Waals surface area (Å²) in [6.45, 7) is 9.51. The van der Waals surface area contributed by atoms with E-state index in [-0.39, 0.29) is 0 Å². The van der Waals surface area contributed by atoms with Gasteiger partial charge in [-0.05, 0) is 25.8 Å². The molecule has 114 valence electrons. The van der Waals surface area contributed by atoms with E-state index < -0.39 is 0 Å². The molecule has 0 saturated carbocycles. The number of rotatable bonds is 8. The smallest absolute Gasteiger partial charge is 0.185 e. The molecule has 2 rings (SSSR count). The molecule has 0 bridgehead atoms. The van der Waals surface area contributed by atoms with E-state index in [1.165, 1.54) is 28.5 Å². The summed E-state index contributed by atoms with van der Waals surface area (Å²) in [7, 11) is 1.79. The lowest BCUT2D eigenvalue weighted by molar-refractivity contribution is 0.161. The quantitative estimate of drug-likeness (QED) is 0.749. The first-order valence-corrected chi connectivity index (χ1v) is 8.53. The standard InChI is InChI=1S/C15H27N3OS/c1-4-7-16-9-14-13(5-2)17-15(20-14)18-8-6-12(10-18)11-19-3/h12,16H,4-11H2,1-3H3. The number of nitrogens with one attached hydrogen (secondary N) is 1. The molecule has 1 aliphatic rings. The van der Waals surface area contributed by atoms with Gasteiger partial charge in [0.15, 0.2) is 5.13 Å². The van der Waals surface area contributed by atoms with E-state index in [1.807, 2.05) is 11.3 Å². The summed E-state index contributed by atoms with van der Waals surface area (Å²) in [6, 6.07) is 0. The monoisotopic (exact) mass is 297 g/mol. The van der Waals surface area contributed by atoms with E-state index in [1.54, 1.807) is 7.11 Å². The molecule has 2 heterocycles. The molecular formula is C15H27N3OS. The Balaban J connectivity index is 1.98. The van der Waals surface area contributed by atoms with Crippen molar-refractivity contribution in [2.24, 2.45) is 5.92 Å². The van der Waals surface area contributed by atoms with Gasteiger partial charge in [0.05, 0.1) is 12.3 Å². The van der Waals surface area contributed by atoms with Crippen LogP contribution in [0, 0.1) is 5.92 Å². The third-order valence-electron chi connectivity index (χ3n) is 3.77. The highest BCUT2D eigenvalue weighted by Crippen LogP contribution is 2.30. The topological polar surface area (TPSA) is 37.4 Å². The number of anilines is 1. The highest BCUT2D eigenvalue weighted by atomic mass is 32.1. The largest absolute Gasteiger partial charge is 0.384 e. The maximum atomic E-state index is 5.27. The molecule has 1 aromatic rings. The molecule has 5 heteroatoms. The highest BCUT2D eigenvalue weighted by Gasteiger charge is 2.25. The summed E-state index contributed by atoms with van der Waals surface area (Å²) < 4.78 is 5.27. The van der Waals surface area contributed by atoms with Crippen LogP contribution in [0.25, 0.3) is 0 Å². The SMILES string of the molecule is CCCNCc1sc(N2CCC(COC)C2)nc1CC. The van der Waals surface area contributed by atoms with Crippen LogP contribution in [0.3, 0.4) is 0 Å². The number of hydrogen-bond acceptors (Lipinski definition) is 5. The normalized spacial score (nSPS) is 18.9. The molecule has 0 aliphatic carbocycles. The van der Waals surface area contributed by atoms with E-state index in [2.05, 4.69) is 24.1 Å². The Morgan fingerprint density at radius 2 is 2.30 bits per heavy atom. The summed E-state index contributed by atoms with van der Waals surface area (Å²) in [5, 5.41) is 4.69. The van der Waals surface area contributed by atoms with Gasteiger partial charge in [-0.25, -0.2) is 4.98 Å². The van der Waals surface area contributed by atoms with Gasteiger partial charge in [0.25, 0.3) is 0 Å². The second kappa shape index (κ2) is 7.96. The Bertz CT molecular complexity index is 408. The van der Waals surface area contributed by atoms with Gasteiger partial charge in [-0.1, -0.05) is 13.8 Å². The highest BCUT2D eigenvalue weighted by molar-refractivity contribution is 7.15. The Morgan fingerprint density at radius 1 is 1.45 bits per heavy atom. The van der Waals surface area contributed by atoms with Crippen LogP contribution in [0.2, 0.25) is 0 Å². The van der Waals surface area contributed by atoms with Crippen molar-refractivity contribution < 1.29 is 4.74 Å². The minimum absolute atomic E-state index is 0.663. The van der Waals surface area contributed by atoms with Crippen molar-refractivity contribution in [1.29, 1.82) is 0 Å². The van der Waals surface area contributed by atoms with Gasteiger partial charge in [-0.15, -0.1) is 11.3 Å². The zero-order valence-corrected chi connectivity index (χ0v) is 13.8. The first-order chi connectivity index (χ1) is 9.78. The Labute approximate surface area is 126 Å². The van der Waals surface area contributed by atoms with Crippen molar-refractivity contribution in [2.75, 3.05) is 38.3 Å². The molecule has 0 amide bonds. The van der Waals surface area contributed by atoms with E-state index in [9.17, 15) is 0 Å². The molecule has 1 aromatic heterocycles. The lowest BCUT2D eigenvalue weighted by Crippen LogP contribution is -2.20. The second-order valence-corrected chi connectivity index (χ2v) is 6.51. The number of thiazole rings is 1. The van der Waals surface area contributed by atoms with Crippen LogP contribution in [0.4, 0.5) is 5.13 Å². The summed E-state index contributed by atoms with van der Waals surface area (Å²) >= 11 is 1.86. The van der Waals surface area contributed by atoms with Crippen LogP contribution >= 0.6 is 11.3 Å². The number of aromatic nitrogens is 1. The van der Waals surface area contributed by atoms with Gasteiger partial charge in [0.1, 0.15) is 0 Å². The van der Waals surface area contributed by atoms with Crippen molar-refractivity contribution in [1.82, 2.24) is 10.3 Å². The Morgan fingerprint density at radius 3 is 3.00 bits per heavy atom. The number of ether oxygens (including phenoxy) is 1. The third-order valence-corrected chi connectivity index (χ3v) is 4.93. The zero-order valence-electron chi connectivity index (χ0n) is 12.9. The van der Waals surface area contributed by atoms with Gasteiger partial charge in [0.2, 0.25) is 0 Å². The number of aryl methyl sites for hydroxylation is 1. The number of hydrogen-bond donors (Lipinski definition) is 1. The minimum atomic E-state index is 0.663. The average molecular weight is 297 g/mol. The molecular weight excluding hydrogens is 270 g/mol. The van der Waals surface area contributed by atoms with Gasteiger partial charge >= 0.3 is 0 Å². The van der Waals surface area contributed by atoms with Crippen molar-refractivity contribution in [3.63, 3.8) is 0 Å². The summed E-state index contributed by atoms with van der Waals surface area (Å²) in [5.74, 6) is 0.663. The zero-order chi connectivity index (χ0) is 14.4. The predicted molar refractivity (Wildman–Crippen MR) is 85.7 cm³/mol. The summed E-state index contributed by atoms with van der Waals surface area (Å²) in [5.41, 5.74) is 1.27. The fraction of sp³-hybridized carbons (Fsp3) is 0.800. The first kappa shape index (κ1) is 15.7. The summed E-state index contributed by atoms with van der Waals surface area (Å²) in [6.07, 6.45) is 3.42. The maximum absolute atomic E-state index is 5.27. The van der Waals surface area contributed by atoms with E-state index in [0.29, 0.717) is 5.92 Å². The van der Waals surface area contributed by atoms with Crippen molar-refractivity contribution in [3.8, 4) is 0 Å². The fourth-order valence-corrected chi connectivity index (χ4v) is 3.83. The predicted octanol–water partition coefficient (Wildman–Crippen LogP) is 2.68. The third kappa shape index (κ3) is 3.93. The van der Waals surface area contributed by atoms with Gasteiger partial charge in [-0.3, -0.25) is 0 Å². The fourth-order valence-electron chi connectivity index (χ4n) is 2.68. The summed E-state index contributed by atoms with van der Waals surface area (Å²) in [4.78, 5) is 8.68. The van der Waals surface area contributed by atoms with Crippen molar-refractivity contribution in [2.45, 2.75) is 39.7 Å². The van der Waals surface area contributed by atoms with Crippen LogP contribution in [0.1, 0.15) is 37.3 Å². The molecule has 20 heavy (non-hydrogen) atoms. The molecule has 0 aromatic carbocycles.